The molecule has 122 valence electrons. The van der Waals surface area contributed by atoms with Crippen LogP contribution < -0.4 is 4.90 Å². The van der Waals surface area contributed by atoms with E-state index in [-0.39, 0.29) is 17.4 Å². The summed E-state index contributed by atoms with van der Waals surface area (Å²) < 4.78 is 0. The molecule has 0 N–H and O–H groups in total. The zero-order chi connectivity index (χ0) is 17.3. The number of hydrogen-bond acceptors (Lipinski definition) is 4. The molecule has 0 radical (unpaired) electrons. The molecule has 3 rings (SSSR count). The van der Waals surface area contributed by atoms with Gasteiger partial charge in [-0.05, 0) is 43.5 Å². The molecule has 0 bridgehead atoms. The Morgan fingerprint density at radius 2 is 1.75 bits per heavy atom. The van der Waals surface area contributed by atoms with Crippen LogP contribution in [0.15, 0.2) is 42.5 Å². The average Bonchev–Trinajstić information content (AvgIpc) is 2.60. The Morgan fingerprint density at radius 3 is 2.38 bits per heavy atom. The summed E-state index contributed by atoms with van der Waals surface area (Å²) in [4.78, 5) is 36.3. The summed E-state index contributed by atoms with van der Waals surface area (Å²) in [6.07, 6.45) is 1.70. The quantitative estimate of drug-likeness (QED) is 0.492. The van der Waals surface area contributed by atoms with Gasteiger partial charge in [-0.1, -0.05) is 12.1 Å². The van der Waals surface area contributed by atoms with Crippen molar-refractivity contribution >= 4 is 23.1 Å². The number of nitro groups is 1. The number of benzene rings is 2. The molecule has 1 aliphatic heterocycles. The van der Waals surface area contributed by atoms with Crippen molar-refractivity contribution in [2.24, 2.45) is 0 Å². The summed E-state index contributed by atoms with van der Waals surface area (Å²) in [5.41, 5.74) is 2.68. The molecule has 6 heteroatoms. The van der Waals surface area contributed by atoms with Gasteiger partial charge in [0.25, 0.3) is 11.6 Å². The van der Waals surface area contributed by atoms with Crippen molar-refractivity contribution < 1.29 is 14.5 Å². The second kappa shape index (κ2) is 6.23. The number of amides is 1. The van der Waals surface area contributed by atoms with E-state index in [2.05, 4.69) is 0 Å². The molecule has 24 heavy (non-hydrogen) atoms. The van der Waals surface area contributed by atoms with Crippen LogP contribution in [0.4, 0.5) is 11.4 Å². The van der Waals surface area contributed by atoms with Gasteiger partial charge in [-0.3, -0.25) is 19.7 Å². The van der Waals surface area contributed by atoms with Gasteiger partial charge < -0.3 is 4.90 Å². The summed E-state index contributed by atoms with van der Waals surface area (Å²) >= 11 is 0. The van der Waals surface area contributed by atoms with Crippen LogP contribution in [0.3, 0.4) is 0 Å². The predicted octanol–water partition coefficient (Wildman–Crippen LogP) is 3.39. The maximum atomic E-state index is 12.8. The molecule has 0 saturated carbocycles. The van der Waals surface area contributed by atoms with E-state index in [0.29, 0.717) is 17.7 Å². The van der Waals surface area contributed by atoms with E-state index in [9.17, 15) is 19.7 Å². The summed E-state index contributed by atoms with van der Waals surface area (Å²) in [5.74, 6) is -0.266. The number of nitrogens with zero attached hydrogens (tertiary/aromatic N) is 2. The summed E-state index contributed by atoms with van der Waals surface area (Å²) in [6, 6.07) is 11.0. The molecule has 1 amide bonds. The van der Waals surface area contributed by atoms with Gasteiger partial charge in [0.15, 0.2) is 5.78 Å². The molecule has 0 atom stereocenters. The molecule has 1 aliphatic rings. The lowest BCUT2D eigenvalue weighted by Gasteiger charge is -2.30. The minimum Gasteiger partial charge on any atom is -0.308 e. The van der Waals surface area contributed by atoms with Crippen molar-refractivity contribution in [2.45, 2.75) is 19.8 Å². The molecule has 1 heterocycles. The van der Waals surface area contributed by atoms with Crippen LogP contribution in [-0.2, 0) is 6.42 Å². The van der Waals surface area contributed by atoms with E-state index in [4.69, 9.17) is 0 Å². The fourth-order valence-corrected chi connectivity index (χ4v) is 2.89. The summed E-state index contributed by atoms with van der Waals surface area (Å²) in [6.45, 7) is 2.05. The summed E-state index contributed by atoms with van der Waals surface area (Å²) in [7, 11) is 0. The topological polar surface area (TPSA) is 80.5 Å². The molecule has 0 fully saturated rings. The molecule has 0 unspecified atom stereocenters. The number of carbonyl (C=O) groups is 2. The smallest absolute Gasteiger partial charge is 0.269 e. The van der Waals surface area contributed by atoms with Gasteiger partial charge in [-0.15, -0.1) is 0 Å². The Bertz CT molecular complexity index is 827. The van der Waals surface area contributed by atoms with Crippen LogP contribution in [0, 0.1) is 10.1 Å². The monoisotopic (exact) mass is 324 g/mol. The van der Waals surface area contributed by atoms with Crippen molar-refractivity contribution in [3.8, 4) is 0 Å². The number of rotatable bonds is 3. The summed E-state index contributed by atoms with van der Waals surface area (Å²) in [5, 5.41) is 10.7. The van der Waals surface area contributed by atoms with E-state index in [1.54, 1.807) is 17.0 Å². The molecule has 0 spiro atoms. The number of fused-ring (bicyclic) bond motifs is 1. The Hall–Kier alpha value is -3.02. The normalized spacial score (nSPS) is 13.3. The van der Waals surface area contributed by atoms with Crippen molar-refractivity contribution in [2.75, 3.05) is 11.4 Å². The average molecular weight is 324 g/mol. The van der Waals surface area contributed by atoms with Gasteiger partial charge in [0, 0.05) is 35.5 Å². The van der Waals surface area contributed by atoms with Gasteiger partial charge in [0.05, 0.1) is 4.92 Å². The molecule has 6 nitrogen and oxygen atoms in total. The van der Waals surface area contributed by atoms with Gasteiger partial charge >= 0.3 is 0 Å². The lowest BCUT2D eigenvalue weighted by molar-refractivity contribution is -0.384. The predicted molar refractivity (Wildman–Crippen MR) is 89.5 cm³/mol. The van der Waals surface area contributed by atoms with Crippen LogP contribution in [0.1, 0.15) is 39.6 Å². The molecule has 0 aromatic heterocycles. The van der Waals surface area contributed by atoms with E-state index >= 15 is 0 Å². The molecule has 0 saturated heterocycles. The maximum absolute atomic E-state index is 12.8. The molecule has 2 aromatic rings. The third-order valence-electron chi connectivity index (χ3n) is 4.18. The third-order valence-corrected chi connectivity index (χ3v) is 4.18. The lowest BCUT2D eigenvalue weighted by Crippen LogP contribution is -2.35. The second-order valence-corrected chi connectivity index (χ2v) is 5.76. The van der Waals surface area contributed by atoms with Crippen LogP contribution >= 0.6 is 0 Å². The van der Waals surface area contributed by atoms with Gasteiger partial charge in [-0.2, -0.15) is 0 Å². The fourth-order valence-electron chi connectivity index (χ4n) is 2.89. The Labute approximate surface area is 138 Å². The van der Waals surface area contributed by atoms with Gasteiger partial charge in [0.2, 0.25) is 0 Å². The number of anilines is 1. The SMILES string of the molecule is CC(=O)c1ccc2c(c1)N(C(=O)c1ccc([N+](=O)[O-])cc1)CCC2. The van der Waals surface area contributed by atoms with E-state index < -0.39 is 4.92 Å². The third kappa shape index (κ3) is 2.90. The first-order valence-electron chi connectivity index (χ1n) is 7.67. The van der Waals surface area contributed by atoms with Crippen molar-refractivity contribution in [1.29, 1.82) is 0 Å². The first-order chi connectivity index (χ1) is 11.5. The van der Waals surface area contributed by atoms with E-state index in [0.717, 1.165) is 24.1 Å². The molecule has 2 aromatic carbocycles. The number of carbonyl (C=O) groups excluding carboxylic acids is 2. The fraction of sp³-hybridized carbons (Fsp3) is 0.222. The molecular formula is C18H16N2O4. The minimum absolute atomic E-state index is 0.0499. The largest absolute Gasteiger partial charge is 0.308 e. The number of nitro benzene ring substituents is 1. The Balaban J connectivity index is 1.95. The van der Waals surface area contributed by atoms with Crippen LogP contribution in [-0.4, -0.2) is 23.2 Å². The number of ketones is 1. The maximum Gasteiger partial charge on any atom is 0.269 e. The van der Waals surface area contributed by atoms with E-state index in [1.807, 2.05) is 6.07 Å². The van der Waals surface area contributed by atoms with E-state index in [1.165, 1.54) is 31.2 Å². The Morgan fingerprint density at radius 1 is 1.08 bits per heavy atom. The van der Waals surface area contributed by atoms with Gasteiger partial charge in [0.1, 0.15) is 0 Å². The van der Waals surface area contributed by atoms with Crippen molar-refractivity contribution in [3.63, 3.8) is 0 Å². The highest BCUT2D eigenvalue weighted by molar-refractivity contribution is 6.07. The highest BCUT2D eigenvalue weighted by Crippen LogP contribution is 2.30. The zero-order valence-corrected chi connectivity index (χ0v) is 13.2. The van der Waals surface area contributed by atoms with Crippen molar-refractivity contribution in [3.05, 3.63) is 69.3 Å². The van der Waals surface area contributed by atoms with Crippen LogP contribution in [0.25, 0.3) is 0 Å². The Kier molecular flexibility index (Phi) is 4.12. The molecular weight excluding hydrogens is 308 g/mol. The standard InChI is InChI=1S/C18H16N2O4/c1-12(21)15-5-4-13-3-2-10-19(17(13)11-15)18(22)14-6-8-16(9-7-14)20(23)24/h4-9,11H,2-3,10H2,1H3. The highest BCUT2D eigenvalue weighted by atomic mass is 16.6. The first-order valence-corrected chi connectivity index (χ1v) is 7.67. The van der Waals surface area contributed by atoms with Gasteiger partial charge in [-0.25, -0.2) is 0 Å². The minimum atomic E-state index is -0.496. The van der Waals surface area contributed by atoms with Crippen LogP contribution in [0.5, 0.6) is 0 Å². The number of Topliss-reactive ketones (excluding diaryl/α,β-unsaturated/α-hetero) is 1. The lowest BCUT2D eigenvalue weighted by atomic mass is 9.97. The number of non-ortho nitro benzene ring substituents is 1. The zero-order valence-electron chi connectivity index (χ0n) is 13.2. The van der Waals surface area contributed by atoms with Crippen LogP contribution in [0.2, 0.25) is 0 Å². The number of hydrogen-bond donors (Lipinski definition) is 0. The number of aryl methyl sites for hydroxylation is 1. The van der Waals surface area contributed by atoms with Crippen molar-refractivity contribution in [1.82, 2.24) is 0 Å². The second-order valence-electron chi connectivity index (χ2n) is 5.76. The highest BCUT2D eigenvalue weighted by Gasteiger charge is 2.24. The first kappa shape index (κ1) is 15.9. The molecule has 0 aliphatic carbocycles.